The molecule has 128 valence electrons. The highest BCUT2D eigenvalue weighted by molar-refractivity contribution is 7.99. The third kappa shape index (κ3) is 5.57. The van der Waals surface area contributed by atoms with Crippen LogP contribution in [-0.4, -0.2) is 24.1 Å². The maximum absolute atomic E-state index is 12.1. The van der Waals surface area contributed by atoms with Crippen molar-refractivity contribution in [1.82, 2.24) is 5.32 Å². The predicted octanol–water partition coefficient (Wildman–Crippen LogP) is 3.04. The van der Waals surface area contributed by atoms with E-state index in [9.17, 15) is 9.59 Å². The van der Waals surface area contributed by atoms with E-state index in [1.807, 2.05) is 31.2 Å². The van der Waals surface area contributed by atoms with Gasteiger partial charge < -0.3 is 10.6 Å². The summed E-state index contributed by atoms with van der Waals surface area (Å²) >= 11 is 1.56. The largest absolute Gasteiger partial charge is 0.355 e. The van der Waals surface area contributed by atoms with Gasteiger partial charge in [0.2, 0.25) is 11.8 Å². The van der Waals surface area contributed by atoms with Crippen LogP contribution >= 0.6 is 11.8 Å². The quantitative estimate of drug-likeness (QED) is 0.710. The van der Waals surface area contributed by atoms with E-state index in [-0.39, 0.29) is 30.1 Å². The smallest absolute Gasteiger partial charge is 0.226 e. The monoisotopic (exact) mass is 345 g/mol. The Labute approximate surface area is 147 Å². The van der Waals surface area contributed by atoms with E-state index in [1.54, 1.807) is 11.8 Å². The summed E-state index contributed by atoms with van der Waals surface area (Å²) in [6, 6.07) is 9.76. The molecule has 1 aromatic carbocycles. The van der Waals surface area contributed by atoms with Crippen LogP contribution < -0.4 is 10.6 Å². The van der Waals surface area contributed by atoms with Crippen molar-refractivity contribution in [2.75, 3.05) is 17.6 Å². The lowest BCUT2D eigenvalue weighted by Crippen LogP contribution is -2.29. The van der Waals surface area contributed by atoms with E-state index in [0.29, 0.717) is 18.2 Å². The number of benzene rings is 1. The van der Waals surface area contributed by atoms with Crippen LogP contribution in [0, 0.1) is 29.1 Å². The van der Waals surface area contributed by atoms with Gasteiger partial charge in [-0.3, -0.25) is 9.59 Å². The number of carbonyl (C=O) groups is 2. The Bertz CT molecular complexity index is 641. The standard InChI is InChI=1S/C18H23N3O2S/c1-12(10-19)11-24-16-6-4-3-5-15(16)21-17(22)7-8-20-18(23)14-9-13(14)2/h3-6,12-14H,7-9,11H2,1-2H3,(H,20,23)(H,21,22)/t12-,13+,14+/m1/s1. The molecule has 1 fully saturated rings. The molecular weight excluding hydrogens is 322 g/mol. The Morgan fingerprint density at radius 3 is 2.79 bits per heavy atom. The fourth-order valence-electron chi connectivity index (χ4n) is 2.28. The van der Waals surface area contributed by atoms with E-state index in [2.05, 4.69) is 23.6 Å². The number of rotatable bonds is 8. The fourth-order valence-corrected chi connectivity index (χ4v) is 3.23. The minimum Gasteiger partial charge on any atom is -0.355 e. The van der Waals surface area contributed by atoms with Gasteiger partial charge in [-0.05, 0) is 31.4 Å². The number of thioether (sulfide) groups is 1. The molecule has 2 rings (SSSR count). The number of amides is 2. The molecule has 0 unspecified atom stereocenters. The van der Waals surface area contributed by atoms with Crippen molar-refractivity contribution in [2.45, 2.75) is 31.6 Å². The van der Waals surface area contributed by atoms with Crippen molar-refractivity contribution >= 4 is 29.3 Å². The summed E-state index contributed by atoms with van der Waals surface area (Å²) in [5.41, 5.74) is 0.750. The summed E-state index contributed by atoms with van der Waals surface area (Å²) in [7, 11) is 0. The topological polar surface area (TPSA) is 82.0 Å². The fraction of sp³-hybridized carbons (Fsp3) is 0.500. The first-order valence-corrected chi connectivity index (χ1v) is 9.18. The molecule has 2 N–H and O–H groups in total. The van der Waals surface area contributed by atoms with Gasteiger partial charge >= 0.3 is 0 Å². The highest BCUT2D eigenvalue weighted by Gasteiger charge is 2.38. The van der Waals surface area contributed by atoms with Crippen molar-refractivity contribution in [3.8, 4) is 6.07 Å². The Morgan fingerprint density at radius 1 is 1.42 bits per heavy atom. The van der Waals surface area contributed by atoms with Gasteiger partial charge in [-0.15, -0.1) is 11.8 Å². The Hall–Kier alpha value is -2.00. The lowest BCUT2D eigenvalue weighted by atomic mass is 10.3. The maximum atomic E-state index is 12.1. The summed E-state index contributed by atoms with van der Waals surface area (Å²) in [5.74, 6) is 1.17. The molecule has 1 aromatic rings. The third-order valence-electron chi connectivity index (χ3n) is 3.97. The van der Waals surface area contributed by atoms with Gasteiger partial charge in [0.25, 0.3) is 0 Å². The molecule has 5 nitrogen and oxygen atoms in total. The molecule has 1 saturated carbocycles. The molecule has 0 aliphatic heterocycles. The Balaban J connectivity index is 1.78. The normalized spacial score (nSPS) is 19.9. The molecule has 24 heavy (non-hydrogen) atoms. The second-order valence-electron chi connectivity index (χ2n) is 6.25. The molecule has 0 radical (unpaired) electrons. The maximum Gasteiger partial charge on any atom is 0.226 e. The number of hydrogen-bond acceptors (Lipinski definition) is 4. The highest BCUT2D eigenvalue weighted by Crippen LogP contribution is 2.37. The average Bonchev–Trinajstić information content (AvgIpc) is 3.30. The Kier molecular flexibility index (Phi) is 6.68. The van der Waals surface area contributed by atoms with Crippen LogP contribution in [0.4, 0.5) is 5.69 Å². The van der Waals surface area contributed by atoms with Crippen molar-refractivity contribution in [3.63, 3.8) is 0 Å². The van der Waals surface area contributed by atoms with E-state index in [1.165, 1.54) is 0 Å². The van der Waals surface area contributed by atoms with Crippen LogP contribution in [0.5, 0.6) is 0 Å². The van der Waals surface area contributed by atoms with Gasteiger partial charge in [0.05, 0.1) is 17.7 Å². The van der Waals surface area contributed by atoms with E-state index < -0.39 is 0 Å². The summed E-state index contributed by atoms with van der Waals surface area (Å²) < 4.78 is 0. The van der Waals surface area contributed by atoms with Crippen LogP contribution in [0.1, 0.15) is 26.7 Å². The average molecular weight is 345 g/mol. The number of nitriles is 1. The predicted molar refractivity (Wildman–Crippen MR) is 95.5 cm³/mol. The molecular formula is C18H23N3O2S. The SMILES string of the molecule is C[C@H](C#N)CSc1ccccc1NC(=O)CCNC(=O)[C@H]1C[C@@H]1C. The molecule has 1 aliphatic rings. The highest BCUT2D eigenvalue weighted by atomic mass is 32.2. The van der Waals surface area contributed by atoms with Gasteiger partial charge in [0, 0.05) is 29.5 Å². The first-order chi connectivity index (χ1) is 11.5. The van der Waals surface area contributed by atoms with Crippen molar-refractivity contribution in [1.29, 1.82) is 5.26 Å². The molecule has 2 amide bonds. The minimum atomic E-state index is -0.125. The number of para-hydroxylation sites is 1. The van der Waals surface area contributed by atoms with E-state index in [0.717, 1.165) is 17.0 Å². The van der Waals surface area contributed by atoms with Crippen LogP contribution in [-0.2, 0) is 9.59 Å². The first kappa shape index (κ1) is 18.3. The number of carbonyl (C=O) groups excluding carboxylic acids is 2. The summed E-state index contributed by atoms with van der Waals surface area (Å²) in [6.07, 6.45) is 1.20. The molecule has 0 bridgehead atoms. The molecule has 1 aliphatic carbocycles. The summed E-state index contributed by atoms with van der Waals surface area (Å²) in [4.78, 5) is 24.7. The van der Waals surface area contributed by atoms with Crippen LogP contribution in [0.15, 0.2) is 29.2 Å². The van der Waals surface area contributed by atoms with Crippen LogP contribution in [0.3, 0.4) is 0 Å². The lowest BCUT2D eigenvalue weighted by molar-refractivity contribution is -0.122. The van der Waals surface area contributed by atoms with Gasteiger partial charge in [0.15, 0.2) is 0 Å². The number of nitrogens with zero attached hydrogens (tertiary/aromatic N) is 1. The van der Waals surface area contributed by atoms with E-state index in [4.69, 9.17) is 5.26 Å². The Morgan fingerprint density at radius 2 is 2.12 bits per heavy atom. The van der Waals surface area contributed by atoms with Crippen molar-refractivity contribution in [2.24, 2.45) is 17.8 Å². The molecule has 0 aromatic heterocycles. The summed E-state index contributed by atoms with van der Waals surface area (Å²) in [6.45, 7) is 4.28. The zero-order chi connectivity index (χ0) is 17.5. The van der Waals surface area contributed by atoms with Crippen molar-refractivity contribution in [3.05, 3.63) is 24.3 Å². The molecule has 0 saturated heterocycles. The van der Waals surface area contributed by atoms with Gasteiger partial charge in [-0.1, -0.05) is 19.1 Å². The number of anilines is 1. The second kappa shape index (κ2) is 8.74. The zero-order valence-electron chi connectivity index (χ0n) is 14.0. The van der Waals surface area contributed by atoms with Crippen molar-refractivity contribution < 1.29 is 9.59 Å². The van der Waals surface area contributed by atoms with E-state index >= 15 is 0 Å². The zero-order valence-corrected chi connectivity index (χ0v) is 14.9. The van der Waals surface area contributed by atoms with Gasteiger partial charge in [-0.25, -0.2) is 0 Å². The first-order valence-electron chi connectivity index (χ1n) is 8.20. The number of hydrogen-bond donors (Lipinski definition) is 2. The summed E-state index contributed by atoms with van der Waals surface area (Å²) in [5, 5.41) is 14.6. The molecule has 0 spiro atoms. The second-order valence-corrected chi connectivity index (χ2v) is 7.31. The van der Waals surface area contributed by atoms with Crippen LogP contribution in [0.25, 0.3) is 0 Å². The lowest BCUT2D eigenvalue weighted by Gasteiger charge is -2.11. The molecule has 6 heteroatoms. The van der Waals surface area contributed by atoms with Gasteiger partial charge in [-0.2, -0.15) is 5.26 Å². The number of nitrogens with one attached hydrogen (secondary N) is 2. The molecule has 0 heterocycles. The van der Waals surface area contributed by atoms with Gasteiger partial charge in [0.1, 0.15) is 0 Å². The third-order valence-corrected chi connectivity index (χ3v) is 5.30. The van der Waals surface area contributed by atoms with Crippen LogP contribution in [0.2, 0.25) is 0 Å². The molecule has 3 atom stereocenters. The minimum absolute atomic E-state index is 0.0428.